The summed E-state index contributed by atoms with van der Waals surface area (Å²) in [6.45, 7) is 0. The molecular formula is C21H19FO4. The highest BCUT2D eigenvalue weighted by atomic mass is 19.1. The number of fused-ring (bicyclic) bond motifs is 1. The van der Waals surface area contributed by atoms with Gasteiger partial charge in [0.05, 0.1) is 14.2 Å². The molecule has 0 amide bonds. The van der Waals surface area contributed by atoms with Crippen LogP contribution in [0.4, 0.5) is 4.39 Å². The molecule has 0 spiro atoms. The summed E-state index contributed by atoms with van der Waals surface area (Å²) < 4.78 is 23.4. The Kier molecular flexibility index (Phi) is 5.16. The molecule has 2 aromatic rings. The van der Waals surface area contributed by atoms with Crippen molar-refractivity contribution in [3.63, 3.8) is 0 Å². The number of hydrogen-bond donors (Lipinski definition) is 0. The number of rotatable bonds is 4. The Morgan fingerprint density at radius 2 is 1.69 bits per heavy atom. The Bertz CT molecular complexity index is 842. The Morgan fingerprint density at radius 3 is 2.31 bits per heavy atom. The summed E-state index contributed by atoms with van der Waals surface area (Å²) in [7, 11) is 2.48. The van der Waals surface area contributed by atoms with E-state index in [0.29, 0.717) is 6.42 Å². The predicted octanol–water partition coefficient (Wildman–Crippen LogP) is 3.39. The highest BCUT2D eigenvalue weighted by molar-refractivity contribution is 5.96. The minimum Gasteiger partial charge on any atom is -0.468 e. The van der Waals surface area contributed by atoms with Gasteiger partial charge >= 0.3 is 11.9 Å². The zero-order chi connectivity index (χ0) is 18.7. The molecule has 0 aliphatic heterocycles. The molecule has 2 aromatic carbocycles. The summed E-state index contributed by atoms with van der Waals surface area (Å²) in [5.74, 6) is -3.13. The summed E-state index contributed by atoms with van der Waals surface area (Å²) >= 11 is 0. The molecule has 0 heterocycles. The molecule has 3 rings (SSSR count). The standard InChI is InChI=1S/C21H19FO4/c1-25-20(23)19(21(24)26-2)15-10-14-8-9-16(22)12-18(14)17(11-15)13-6-4-3-5-7-13/h3-9,11-12,15,19H,10H2,1-2H3. The van der Waals surface area contributed by atoms with Gasteiger partial charge in [-0.05, 0) is 40.8 Å². The van der Waals surface area contributed by atoms with Crippen molar-refractivity contribution in [2.24, 2.45) is 11.8 Å². The highest BCUT2D eigenvalue weighted by Crippen LogP contribution is 2.37. The first-order chi connectivity index (χ1) is 12.5. The van der Waals surface area contributed by atoms with Crippen LogP contribution in [0.15, 0.2) is 54.6 Å². The van der Waals surface area contributed by atoms with Gasteiger partial charge in [-0.25, -0.2) is 4.39 Å². The average molecular weight is 354 g/mol. The molecule has 26 heavy (non-hydrogen) atoms. The lowest BCUT2D eigenvalue weighted by Crippen LogP contribution is -2.35. The largest absolute Gasteiger partial charge is 0.468 e. The second-order valence-electron chi connectivity index (χ2n) is 6.14. The van der Waals surface area contributed by atoms with Crippen LogP contribution in [0.25, 0.3) is 5.57 Å². The number of carbonyl (C=O) groups excluding carboxylic acids is 2. The molecule has 1 unspecified atom stereocenters. The van der Waals surface area contributed by atoms with Crippen LogP contribution >= 0.6 is 0 Å². The second kappa shape index (κ2) is 7.52. The molecule has 1 atom stereocenters. The second-order valence-corrected chi connectivity index (χ2v) is 6.14. The van der Waals surface area contributed by atoms with Crippen molar-refractivity contribution >= 4 is 17.5 Å². The Balaban J connectivity index is 2.13. The lowest BCUT2D eigenvalue weighted by molar-refractivity contribution is -0.160. The molecule has 0 N–H and O–H groups in total. The zero-order valence-electron chi connectivity index (χ0n) is 14.6. The van der Waals surface area contributed by atoms with Crippen molar-refractivity contribution < 1.29 is 23.5 Å². The number of benzene rings is 2. The van der Waals surface area contributed by atoms with E-state index in [9.17, 15) is 14.0 Å². The maximum Gasteiger partial charge on any atom is 0.320 e. The van der Waals surface area contributed by atoms with E-state index in [1.807, 2.05) is 36.4 Å². The van der Waals surface area contributed by atoms with Gasteiger partial charge in [-0.2, -0.15) is 0 Å². The van der Waals surface area contributed by atoms with E-state index >= 15 is 0 Å². The molecule has 5 heteroatoms. The van der Waals surface area contributed by atoms with Crippen molar-refractivity contribution in [2.75, 3.05) is 14.2 Å². The topological polar surface area (TPSA) is 52.6 Å². The molecule has 0 fully saturated rings. The maximum atomic E-state index is 13.8. The lowest BCUT2D eigenvalue weighted by Gasteiger charge is -2.28. The Hall–Kier alpha value is -2.95. The van der Waals surface area contributed by atoms with Crippen LogP contribution in [0, 0.1) is 17.7 Å². The Labute approximate surface area is 151 Å². The minimum atomic E-state index is -1.07. The third-order valence-corrected chi connectivity index (χ3v) is 4.62. The summed E-state index contributed by atoms with van der Waals surface area (Å²) in [5.41, 5.74) is 3.31. The van der Waals surface area contributed by atoms with Crippen molar-refractivity contribution in [1.82, 2.24) is 0 Å². The van der Waals surface area contributed by atoms with Crippen LogP contribution in [-0.4, -0.2) is 26.2 Å². The third kappa shape index (κ3) is 3.38. The predicted molar refractivity (Wildman–Crippen MR) is 94.6 cm³/mol. The van der Waals surface area contributed by atoms with Gasteiger partial charge in [0.2, 0.25) is 0 Å². The van der Waals surface area contributed by atoms with Crippen molar-refractivity contribution in [3.05, 3.63) is 77.1 Å². The van der Waals surface area contributed by atoms with E-state index in [0.717, 1.165) is 22.3 Å². The number of allylic oxidation sites excluding steroid dienone is 1. The Morgan fingerprint density at radius 1 is 1.04 bits per heavy atom. The van der Waals surface area contributed by atoms with E-state index in [-0.39, 0.29) is 5.82 Å². The van der Waals surface area contributed by atoms with Gasteiger partial charge in [0.25, 0.3) is 0 Å². The van der Waals surface area contributed by atoms with Crippen LogP contribution in [0.2, 0.25) is 0 Å². The normalized spacial score (nSPS) is 15.8. The van der Waals surface area contributed by atoms with Crippen molar-refractivity contribution in [2.45, 2.75) is 6.42 Å². The highest BCUT2D eigenvalue weighted by Gasteiger charge is 2.38. The first-order valence-corrected chi connectivity index (χ1v) is 8.27. The number of halogens is 1. The van der Waals surface area contributed by atoms with E-state index in [4.69, 9.17) is 9.47 Å². The van der Waals surface area contributed by atoms with Crippen LogP contribution in [-0.2, 0) is 25.5 Å². The van der Waals surface area contributed by atoms with Gasteiger partial charge < -0.3 is 9.47 Å². The van der Waals surface area contributed by atoms with Gasteiger partial charge in [-0.1, -0.05) is 42.5 Å². The molecule has 1 aliphatic rings. The van der Waals surface area contributed by atoms with E-state index in [1.165, 1.54) is 26.4 Å². The van der Waals surface area contributed by atoms with Crippen molar-refractivity contribution in [3.8, 4) is 0 Å². The molecule has 4 nitrogen and oxygen atoms in total. The number of ether oxygens (including phenoxy) is 2. The van der Waals surface area contributed by atoms with Gasteiger partial charge in [0.15, 0.2) is 5.92 Å². The van der Waals surface area contributed by atoms with E-state index in [2.05, 4.69) is 0 Å². The van der Waals surface area contributed by atoms with Crippen LogP contribution in [0.3, 0.4) is 0 Å². The fourth-order valence-electron chi connectivity index (χ4n) is 3.38. The smallest absolute Gasteiger partial charge is 0.320 e. The van der Waals surface area contributed by atoms with Gasteiger partial charge in [-0.15, -0.1) is 0 Å². The number of hydrogen-bond acceptors (Lipinski definition) is 4. The maximum absolute atomic E-state index is 13.8. The van der Waals surface area contributed by atoms with E-state index < -0.39 is 23.8 Å². The monoisotopic (exact) mass is 354 g/mol. The summed E-state index contributed by atoms with van der Waals surface area (Å²) in [6, 6.07) is 14.0. The van der Waals surface area contributed by atoms with Crippen LogP contribution < -0.4 is 0 Å². The van der Waals surface area contributed by atoms with Crippen LogP contribution in [0.1, 0.15) is 16.7 Å². The third-order valence-electron chi connectivity index (χ3n) is 4.62. The molecule has 0 saturated carbocycles. The van der Waals surface area contributed by atoms with E-state index in [1.54, 1.807) is 6.07 Å². The molecule has 0 aromatic heterocycles. The van der Waals surface area contributed by atoms with Crippen LogP contribution in [0.5, 0.6) is 0 Å². The first kappa shape index (κ1) is 17.9. The molecular weight excluding hydrogens is 335 g/mol. The summed E-state index contributed by atoms with van der Waals surface area (Å²) in [5, 5.41) is 0. The molecule has 0 saturated heterocycles. The lowest BCUT2D eigenvalue weighted by atomic mass is 9.76. The number of esters is 2. The van der Waals surface area contributed by atoms with Gasteiger partial charge in [0, 0.05) is 5.92 Å². The fourth-order valence-corrected chi connectivity index (χ4v) is 3.38. The molecule has 134 valence electrons. The molecule has 1 aliphatic carbocycles. The number of methoxy groups -OCH3 is 2. The molecule has 0 radical (unpaired) electrons. The summed E-state index contributed by atoms with van der Waals surface area (Å²) in [4.78, 5) is 24.4. The minimum absolute atomic E-state index is 0.332. The fraction of sp³-hybridized carbons (Fsp3) is 0.238. The SMILES string of the molecule is COC(=O)C(C(=O)OC)C1C=C(c2ccccc2)c2cc(F)ccc2C1. The first-order valence-electron chi connectivity index (χ1n) is 8.27. The average Bonchev–Trinajstić information content (AvgIpc) is 2.68. The molecule has 0 bridgehead atoms. The van der Waals surface area contributed by atoms with Gasteiger partial charge in [-0.3, -0.25) is 9.59 Å². The summed E-state index contributed by atoms with van der Waals surface area (Å²) in [6.07, 6.45) is 2.26. The zero-order valence-corrected chi connectivity index (χ0v) is 14.6. The van der Waals surface area contributed by atoms with Crippen molar-refractivity contribution in [1.29, 1.82) is 0 Å². The van der Waals surface area contributed by atoms with Gasteiger partial charge in [0.1, 0.15) is 5.82 Å². The quantitative estimate of drug-likeness (QED) is 0.624. The number of carbonyl (C=O) groups is 2.